The fourth-order valence-corrected chi connectivity index (χ4v) is 5.32. The highest BCUT2D eigenvalue weighted by Gasteiger charge is 2.23. The number of nitrogens with one attached hydrogen (secondary N) is 1. The van der Waals surface area contributed by atoms with Gasteiger partial charge < -0.3 is 5.32 Å². The average Bonchev–Trinajstić information content (AvgIpc) is 2.81. The van der Waals surface area contributed by atoms with Crippen molar-refractivity contribution in [3.63, 3.8) is 0 Å². The zero-order chi connectivity index (χ0) is 25.0. The first-order chi connectivity index (χ1) is 16.1. The van der Waals surface area contributed by atoms with Crippen molar-refractivity contribution < 1.29 is 13.2 Å². The van der Waals surface area contributed by atoms with E-state index in [-0.39, 0.29) is 22.1 Å². The molecular formula is C25H32N4O4S. The predicted molar refractivity (Wildman–Crippen MR) is 133 cm³/mol. The Balaban J connectivity index is 1.89. The van der Waals surface area contributed by atoms with E-state index in [2.05, 4.69) is 10.4 Å². The van der Waals surface area contributed by atoms with Crippen LogP contribution in [0, 0.1) is 5.92 Å². The molecule has 1 heterocycles. The van der Waals surface area contributed by atoms with Crippen molar-refractivity contribution in [3.8, 4) is 0 Å². The Kier molecular flexibility index (Phi) is 7.89. The lowest BCUT2D eigenvalue weighted by Crippen LogP contribution is -2.33. The largest absolute Gasteiger partial charge is 0.344 e. The first-order valence-corrected chi connectivity index (χ1v) is 12.9. The molecule has 8 nitrogen and oxygen atoms in total. The Morgan fingerprint density at radius 3 is 2.15 bits per heavy atom. The maximum Gasteiger partial charge on any atom is 0.274 e. The second-order valence-electron chi connectivity index (χ2n) is 8.63. The molecule has 182 valence electrons. The summed E-state index contributed by atoms with van der Waals surface area (Å²) in [5.74, 6) is -0.214. The number of hydrogen-bond donors (Lipinski definition) is 1. The molecule has 9 heteroatoms. The van der Waals surface area contributed by atoms with Gasteiger partial charge in [0.15, 0.2) is 5.69 Å². The molecule has 3 rings (SSSR count). The maximum absolute atomic E-state index is 13.2. The van der Waals surface area contributed by atoms with Gasteiger partial charge in [0.25, 0.3) is 11.5 Å². The number of sulfonamides is 1. The van der Waals surface area contributed by atoms with Crippen molar-refractivity contribution >= 4 is 26.7 Å². The molecule has 0 saturated heterocycles. The molecule has 1 atom stereocenters. The molecular weight excluding hydrogens is 452 g/mol. The van der Waals surface area contributed by atoms with Gasteiger partial charge in [-0.15, -0.1) is 0 Å². The lowest BCUT2D eigenvalue weighted by molar-refractivity contribution is 0.0934. The van der Waals surface area contributed by atoms with Crippen LogP contribution in [0.2, 0.25) is 0 Å². The Bertz CT molecular complexity index is 1330. The summed E-state index contributed by atoms with van der Waals surface area (Å²) in [5.41, 5.74) is 0.717. The summed E-state index contributed by atoms with van der Waals surface area (Å²) in [5, 5.41) is 8.25. The van der Waals surface area contributed by atoms with E-state index in [1.807, 2.05) is 20.8 Å². The van der Waals surface area contributed by atoms with Gasteiger partial charge in [-0.2, -0.15) is 9.40 Å². The van der Waals surface area contributed by atoms with E-state index in [9.17, 15) is 18.0 Å². The average molecular weight is 485 g/mol. The Labute approximate surface area is 200 Å². The van der Waals surface area contributed by atoms with Gasteiger partial charge in [-0.05, 0) is 36.6 Å². The fourth-order valence-electron chi connectivity index (χ4n) is 3.86. The number of nitrogens with zero attached hydrogens (tertiary/aromatic N) is 3. The number of benzene rings is 2. The molecule has 0 saturated carbocycles. The first-order valence-electron chi connectivity index (χ1n) is 11.5. The quantitative estimate of drug-likeness (QED) is 0.500. The van der Waals surface area contributed by atoms with E-state index >= 15 is 0 Å². The molecule has 1 amide bonds. The van der Waals surface area contributed by atoms with Crippen molar-refractivity contribution in [2.75, 3.05) is 13.1 Å². The summed E-state index contributed by atoms with van der Waals surface area (Å²) in [6.45, 7) is 10.6. The maximum atomic E-state index is 13.2. The summed E-state index contributed by atoms with van der Waals surface area (Å²) in [7, 11) is -3.55. The lowest BCUT2D eigenvalue weighted by atomic mass is 10.1. The van der Waals surface area contributed by atoms with Crippen LogP contribution in [0.4, 0.5) is 0 Å². The van der Waals surface area contributed by atoms with Crippen LogP contribution in [0.15, 0.2) is 58.2 Å². The van der Waals surface area contributed by atoms with Gasteiger partial charge in [-0.25, -0.2) is 13.1 Å². The second-order valence-corrected chi connectivity index (χ2v) is 10.6. The highest BCUT2D eigenvalue weighted by Crippen LogP contribution is 2.21. The fraction of sp³-hybridized carbons (Fsp3) is 0.400. The van der Waals surface area contributed by atoms with Crippen LogP contribution in [0.5, 0.6) is 0 Å². The topological polar surface area (TPSA) is 101 Å². The van der Waals surface area contributed by atoms with Crippen LogP contribution < -0.4 is 10.9 Å². The lowest BCUT2D eigenvalue weighted by Gasteiger charge is -2.19. The van der Waals surface area contributed by atoms with Gasteiger partial charge in [-0.1, -0.05) is 58.0 Å². The number of fused-ring (bicyclic) bond motifs is 1. The van der Waals surface area contributed by atoms with Crippen LogP contribution in [0.3, 0.4) is 0 Å². The zero-order valence-electron chi connectivity index (χ0n) is 20.3. The van der Waals surface area contributed by atoms with E-state index in [0.29, 0.717) is 30.4 Å². The van der Waals surface area contributed by atoms with Crippen LogP contribution in [-0.2, 0) is 16.6 Å². The Hall–Kier alpha value is -3.04. The molecule has 0 radical (unpaired) electrons. The molecule has 1 N–H and O–H groups in total. The van der Waals surface area contributed by atoms with Gasteiger partial charge in [0, 0.05) is 25.0 Å². The van der Waals surface area contributed by atoms with Gasteiger partial charge in [-0.3, -0.25) is 9.59 Å². The van der Waals surface area contributed by atoms with Crippen LogP contribution >= 0.6 is 0 Å². The SMILES string of the molecule is CCN(CC)S(=O)(=O)c1ccc(C(C)NC(=O)c2nn(CC(C)C)c(=O)c3ccccc23)cc1. The minimum absolute atomic E-state index is 0.184. The van der Waals surface area contributed by atoms with Gasteiger partial charge in [0.2, 0.25) is 10.0 Å². The summed E-state index contributed by atoms with van der Waals surface area (Å²) in [4.78, 5) is 26.2. The van der Waals surface area contributed by atoms with Crippen molar-refractivity contribution in [2.24, 2.45) is 5.92 Å². The second kappa shape index (κ2) is 10.5. The van der Waals surface area contributed by atoms with Crippen LogP contribution in [0.25, 0.3) is 10.8 Å². The van der Waals surface area contributed by atoms with E-state index in [1.165, 1.54) is 8.99 Å². The molecule has 0 aliphatic heterocycles. The van der Waals surface area contributed by atoms with Crippen molar-refractivity contribution in [2.45, 2.75) is 52.1 Å². The summed E-state index contributed by atoms with van der Waals surface area (Å²) < 4.78 is 28.2. The number of hydrogen-bond acceptors (Lipinski definition) is 5. The normalized spacial score (nSPS) is 12.9. The minimum Gasteiger partial charge on any atom is -0.344 e. The standard InChI is InChI=1S/C25H32N4O4S/c1-6-28(7-2)34(32,33)20-14-12-19(13-15-20)18(5)26-24(30)23-21-10-8-9-11-22(21)25(31)29(27-23)16-17(3)4/h8-15,17-18H,6-7,16H2,1-5H3,(H,26,30). The van der Waals surface area contributed by atoms with E-state index in [4.69, 9.17) is 0 Å². The van der Waals surface area contributed by atoms with E-state index in [1.54, 1.807) is 62.4 Å². The molecule has 1 unspecified atom stereocenters. The minimum atomic E-state index is -3.55. The molecule has 0 fully saturated rings. The van der Waals surface area contributed by atoms with Crippen molar-refractivity contribution in [3.05, 3.63) is 70.1 Å². The highest BCUT2D eigenvalue weighted by atomic mass is 32.2. The first kappa shape index (κ1) is 25.6. The zero-order valence-corrected chi connectivity index (χ0v) is 21.1. The number of aromatic nitrogens is 2. The third-order valence-electron chi connectivity index (χ3n) is 5.69. The van der Waals surface area contributed by atoms with Crippen molar-refractivity contribution in [1.82, 2.24) is 19.4 Å². The molecule has 2 aromatic carbocycles. The molecule has 3 aromatic rings. The molecule has 0 bridgehead atoms. The number of amides is 1. The molecule has 0 aliphatic carbocycles. The smallest absolute Gasteiger partial charge is 0.274 e. The van der Waals surface area contributed by atoms with E-state index in [0.717, 1.165) is 5.56 Å². The Morgan fingerprint density at radius 1 is 1.00 bits per heavy atom. The van der Waals surface area contributed by atoms with Crippen LogP contribution in [0.1, 0.15) is 56.7 Å². The van der Waals surface area contributed by atoms with Gasteiger partial charge in [0.1, 0.15) is 0 Å². The van der Waals surface area contributed by atoms with Crippen LogP contribution in [-0.4, -0.2) is 41.5 Å². The molecule has 1 aromatic heterocycles. The number of rotatable bonds is 9. The summed E-state index contributed by atoms with van der Waals surface area (Å²) in [6, 6.07) is 13.1. The van der Waals surface area contributed by atoms with Gasteiger partial charge in [0.05, 0.1) is 16.3 Å². The molecule has 0 aliphatic rings. The van der Waals surface area contributed by atoms with E-state index < -0.39 is 22.0 Å². The third kappa shape index (κ3) is 5.20. The van der Waals surface area contributed by atoms with Crippen molar-refractivity contribution in [1.29, 1.82) is 0 Å². The Morgan fingerprint density at radius 2 is 1.59 bits per heavy atom. The number of carbonyl (C=O) groups is 1. The summed E-state index contributed by atoms with van der Waals surface area (Å²) in [6.07, 6.45) is 0. The highest BCUT2D eigenvalue weighted by molar-refractivity contribution is 7.89. The van der Waals surface area contributed by atoms with Gasteiger partial charge >= 0.3 is 0 Å². The number of carbonyl (C=O) groups excluding carboxylic acids is 1. The predicted octanol–water partition coefficient (Wildman–Crippen LogP) is 3.57. The third-order valence-corrected chi connectivity index (χ3v) is 7.76. The monoisotopic (exact) mass is 484 g/mol. The molecule has 0 spiro atoms. The molecule has 34 heavy (non-hydrogen) atoms. The summed E-state index contributed by atoms with van der Waals surface area (Å²) >= 11 is 0.